The van der Waals surface area contributed by atoms with Crippen LogP contribution in [0.4, 0.5) is 22.7 Å². The molecular weight excluding hydrogens is 300 g/mol. The molecule has 0 heterocycles. The number of nitro groups is 2. The first kappa shape index (κ1) is 15.9. The van der Waals surface area contributed by atoms with Crippen LogP contribution in [-0.4, -0.2) is 9.85 Å². The Bertz CT molecular complexity index is 774. The summed E-state index contributed by atoms with van der Waals surface area (Å²) in [6.07, 6.45) is 0.831. The third-order valence-electron chi connectivity index (χ3n) is 3.25. The predicted octanol–water partition coefficient (Wildman–Crippen LogP) is 3.68. The van der Waals surface area contributed by atoms with Gasteiger partial charge in [0.25, 0.3) is 0 Å². The minimum atomic E-state index is -0.753. The van der Waals surface area contributed by atoms with Crippen LogP contribution in [0.3, 0.4) is 0 Å². The van der Waals surface area contributed by atoms with E-state index >= 15 is 0 Å². The molecule has 2 rings (SSSR count). The van der Waals surface area contributed by atoms with E-state index in [-0.39, 0.29) is 11.3 Å². The maximum Gasteiger partial charge on any atom is 0.301 e. The highest BCUT2D eigenvalue weighted by atomic mass is 16.6. The summed E-state index contributed by atoms with van der Waals surface area (Å²) in [5.41, 5.74) is 0.127. The van der Waals surface area contributed by atoms with E-state index in [4.69, 9.17) is 5.26 Å². The van der Waals surface area contributed by atoms with E-state index in [1.165, 1.54) is 0 Å². The van der Waals surface area contributed by atoms with Gasteiger partial charge in [-0.25, -0.2) is 0 Å². The molecule has 0 bridgehead atoms. The van der Waals surface area contributed by atoms with Crippen LogP contribution in [0.2, 0.25) is 0 Å². The lowest BCUT2D eigenvalue weighted by Crippen LogP contribution is -2.02. The molecule has 2 aromatic carbocycles. The van der Waals surface area contributed by atoms with Crippen molar-refractivity contribution in [2.75, 3.05) is 5.32 Å². The van der Waals surface area contributed by atoms with Gasteiger partial charge in [-0.3, -0.25) is 20.2 Å². The lowest BCUT2D eigenvalue weighted by atomic mass is 10.1. The van der Waals surface area contributed by atoms with Gasteiger partial charge in [0.15, 0.2) is 5.69 Å². The second-order valence-corrected chi connectivity index (χ2v) is 4.69. The zero-order valence-electron chi connectivity index (χ0n) is 12.1. The molecule has 0 fully saturated rings. The van der Waals surface area contributed by atoms with Crippen LogP contribution >= 0.6 is 0 Å². The summed E-state index contributed by atoms with van der Waals surface area (Å²) in [5.74, 6) is 0. The van der Waals surface area contributed by atoms with Gasteiger partial charge in [-0.05, 0) is 24.1 Å². The number of nitrogens with one attached hydrogen (secondary N) is 1. The van der Waals surface area contributed by atoms with Crippen molar-refractivity contribution in [3.63, 3.8) is 0 Å². The summed E-state index contributed by atoms with van der Waals surface area (Å²) in [4.78, 5) is 20.9. The predicted molar refractivity (Wildman–Crippen MR) is 83.6 cm³/mol. The zero-order chi connectivity index (χ0) is 17.0. The average Bonchev–Trinajstić information content (AvgIpc) is 2.55. The highest BCUT2D eigenvalue weighted by Crippen LogP contribution is 2.37. The molecule has 23 heavy (non-hydrogen) atoms. The second-order valence-electron chi connectivity index (χ2n) is 4.69. The van der Waals surface area contributed by atoms with Gasteiger partial charge in [-0.15, -0.1) is 0 Å². The number of benzene rings is 2. The molecule has 116 valence electrons. The summed E-state index contributed by atoms with van der Waals surface area (Å²) in [7, 11) is 0. The van der Waals surface area contributed by atoms with E-state index in [0.29, 0.717) is 5.69 Å². The molecular formula is C15H12N4O4. The Labute approximate surface area is 131 Å². The van der Waals surface area contributed by atoms with Crippen molar-refractivity contribution < 1.29 is 9.85 Å². The first-order valence-electron chi connectivity index (χ1n) is 6.69. The van der Waals surface area contributed by atoms with Crippen LogP contribution in [0.5, 0.6) is 0 Å². The Morgan fingerprint density at radius 2 is 1.61 bits per heavy atom. The quantitative estimate of drug-likeness (QED) is 0.663. The molecule has 0 amide bonds. The van der Waals surface area contributed by atoms with Gasteiger partial charge in [0.2, 0.25) is 0 Å². The van der Waals surface area contributed by atoms with Crippen LogP contribution in [-0.2, 0) is 6.42 Å². The number of rotatable bonds is 5. The van der Waals surface area contributed by atoms with Gasteiger partial charge in [0.1, 0.15) is 0 Å². The van der Waals surface area contributed by atoms with Crippen LogP contribution < -0.4 is 5.32 Å². The number of hydrogen-bond acceptors (Lipinski definition) is 6. The number of hydrogen-bond donors (Lipinski definition) is 1. The zero-order valence-corrected chi connectivity index (χ0v) is 12.1. The van der Waals surface area contributed by atoms with E-state index in [0.717, 1.165) is 24.1 Å². The minimum absolute atomic E-state index is 0.143. The van der Waals surface area contributed by atoms with Crippen molar-refractivity contribution in [2.24, 2.45) is 0 Å². The molecule has 2 aromatic rings. The molecule has 0 atom stereocenters. The molecule has 0 aromatic heterocycles. The molecule has 0 unspecified atom stereocenters. The van der Waals surface area contributed by atoms with Gasteiger partial charge in [0, 0.05) is 17.8 Å². The molecule has 1 N–H and O–H groups in total. The highest BCUT2D eigenvalue weighted by molar-refractivity contribution is 5.80. The van der Waals surface area contributed by atoms with Crippen molar-refractivity contribution in [3.05, 3.63) is 67.8 Å². The molecule has 8 heteroatoms. The third-order valence-corrected chi connectivity index (χ3v) is 3.25. The highest BCUT2D eigenvalue weighted by Gasteiger charge is 2.27. The van der Waals surface area contributed by atoms with E-state index in [9.17, 15) is 20.2 Å². The van der Waals surface area contributed by atoms with Crippen LogP contribution in [0.25, 0.3) is 0 Å². The first-order chi connectivity index (χ1) is 11.0. The van der Waals surface area contributed by atoms with Gasteiger partial charge >= 0.3 is 11.4 Å². The maximum atomic E-state index is 11.2. The Morgan fingerprint density at radius 1 is 1.09 bits per heavy atom. The lowest BCUT2D eigenvalue weighted by Gasteiger charge is -2.09. The van der Waals surface area contributed by atoms with Gasteiger partial charge < -0.3 is 5.32 Å². The lowest BCUT2D eigenvalue weighted by molar-refractivity contribution is -0.392. The Morgan fingerprint density at radius 3 is 2.00 bits per heavy atom. The molecule has 0 radical (unpaired) electrons. The SMILES string of the molecule is CCc1ccc(Nc2c([N+](=O)[O-])cc(C#N)cc2[N+](=O)[O-])cc1. The van der Waals surface area contributed by atoms with E-state index in [2.05, 4.69) is 5.32 Å². The fourth-order valence-electron chi connectivity index (χ4n) is 2.06. The number of anilines is 2. The molecule has 8 nitrogen and oxygen atoms in total. The fourth-order valence-corrected chi connectivity index (χ4v) is 2.06. The first-order valence-corrected chi connectivity index (χ1v) is 6.69. The molecule has 0 saturated heterocycles. The normalized spacial score (nSPS) is 9.91. The Balaban J connectivity index is 2.56. The number of nitro benzene ring substituents is 2. The largest absolute Gasteiger partial charge is 0.344 e. The van der Waals surface area contributed by atoms with Crippen molar-refractivity contribution in [3.8, 4) is 6.07 Å². The molecule has 0 spiro atoms. The van der Waals surface area contributed by atoms with E-state index in [1.54, 1.807) is 18.2 Å². The number of nitriles is 1. The molecule has 0 aliphatic rings. The molecule has 0 aliphatic carbocycles. The van der Waals surface area contributed by atoms with E-state index in [1.807, 2.05) is 19.1 Å². The van der Waals surface area contributed by atoms with Crippen LogP contribution in [0.15, 0.2) is 36.4 Å². The summed E-state index contributed by atoms with van der Waals surface area (Å²) in [5, 5.41) is 34.0. The smallest absolute Gasteiger partial charge is 0.301 e. The third kappa shape index (κ3) is 3.41. The number of nitrogens with zero attached hydrogens (tertiary/aromatic N) is 3. The maximum absolute atomic E-state index is 11.2. The summed E-state index contributed by atoms with van der Waals surface area (Å²) >= 11 is 0. The summed E-state index contributed by atoms with van der Waals surface area (Å²) < 4.78 is 0. The monoisotopic (exact) mass is 312 g/mol. The molecule has 0 saturated carbocycles. The van der Waals surface area contributed by atoms with Gasteiger partial charge in [-0.1, -0.05) is 19.1 Å². The van der Waals surface area contributed by atoms with Gasteiger partial charge in [0.05, 0.1) is 21.5 Å². The standard InChI is InChI=1S/C15H12N4O4/c1-2-10-3-5-12(6-4-10)17-15-13(18(20)21)7-11(9-16)8-14(15)19(22)23/h3-8,17H,2H2,1H3. The summed E-state index contributed by atoms with van der Waals surface area (Å²) in [6.45, 7) is 1.98. The van der Waals surface area contributed by atoms with Crippen molar-refractivity contribution >= 4 is 22.7 Å². The topological polar surface area (TPSA) is 122 Å². The van der Waals surface area contributed by atoms with Gasteiger partial charge in [-0.2, -0.15) is 5.26 Å². The van der Waals surface area contributed by atoms with Crippen LogP contribution in [0.1, 0.15) is 18.1 Å². The minimum Gasteiger partial charge on any atom is -0.344 e. The van der Waals surface area contributed by atoms with Crippen LogP contribution in [0, 0.1) is 31.6 Å². The second kappa shape index (κ2) is 6.53. The van der Waals surface area contributed by atoms with E-state index < -0.39 is 21.2 Å². The molecule has 0 aliphatic heterocycles. The average molecular weight is 312 g/mol. The Kier molecular flexibility index (Phi) is 4.52. The Hall–Kier alpha value is -3.47. The summed E-state index contributed by atoms with van der Waals surface area (Å²) in [6, 6.07) is 10.7. The number of aryl methyl sites for hydroxylation is 1. The fraction of sp³-hybridized carbons (Fsp3) is 0.133. The van der Waals surface area contributed by atoms with Crippen molar-refractivity contribution in [2.45, 2.75) is 13.3 Å². The van der Waals surface area contributed by atoms with Crippen molar-refractivity contribution in [1.29, 1.82) is 5.26 Å². The van der Waals surface area contributed by atoms with Crippen molar-refractivity contribution in [1.82, 2.24) is 0 Å².